The summed E-state index contributed by atoms with van der Waals surface area (Å²) in [5.74, 6) is -1.38. The SMILES string of the molecule is CN=C(C(=C(C)N)c1ccc(F)cc1Cl)n1c(C)nc2cc(F)cc(F)c21. The number of rotatable bonds is 2. The van der Waals surface area contributed by atoms with Crippen LogP contribution in [0.5, 0.6) is 0 Å². The first kappa shape index (κ1) is 19.0. The Morgan fingerprint density at radius 3 is 2.44 bits per heavy atom. The van der Waals surface area contributed by atoms with Crippen molar-refractivity contribution in [3.63, 3.8) is 0 Å². The Labute approximate surface area is 158 Å². The lowest BCUT2D eigenvalue weighted by Gasteiger charge is -2.17. The molecule has 0 fully saturated rings. The summed E-state index contributed by atoms with van der Waals surface area (Å²) in [7, 11) is 1.50. The molecule has 1 aromatic heterocycles. The van der Waals surface area contributed by atoms with E-state index in [0.29, 0.717) is 22.7 Å². The summed E-state index contributed by atoms with van der Waals surface area (Å²) >= 11 is 6.21. The standard InChI is InChI=1S/C19H16ClF3N4/c1-9(24)17(13-5-4-11(21)6-14(13)20)19(25-3)27-10(2)26-16-8-12(22)7-15(23)18(16)27/h4-8H,24H2,1-3H3. The van der Waals surface area contributed by atoms with Gasteiger partial charge in [0.05, 0.1) is 10.5 Å². The molecule has 1 heterocycles. The van der Waals surface area contributed by atoms with Gasteiger partial charge in [-0.25, -0.2) is 18.2 Å². The lowest BCUT2D eigenvalue weighted by Crippen LogP contribution is -2.19. The van der Waals surface area contributed by atoms with Crippen LogP contribution in [0.4, 0.5) is 13.2 Å². The fraction of sp³-hybridized carbons (Fsp3) is 0.158. The quantitative estimate of drug-likeness (QED) is 0.508. The third kappa shape index (κ3) is 3.30. The van der Waals surface area contributed by atoms with Gasteiger partial charge in [0, 0.05) is 36.0 Å². The molecule has 0 aliphatic rings. The van der Waals surface area contributed by atoms with Crippen LogP contribution in [0.25, 0.3) is 16.6 Å². The Hall–Kier alpha value is -2.80. The molecule has 0 amide bonds. The van der Waals surface area contributed by atoms with Crippen LogP contribution in [-0.4, -0.2) is 22.4 Å². The average molecular weight is 393 g/mol. The smallest absolute Gasteiger partial charge is 0.152 e. The van der Waals surface area contributed by atoms with Crippen LogP contribution in [0.1, 0.15) is 18.3 Å². The molecule has 0 atom stereocenters. The fourth-order valence-corrected chi connectivity index (χ4v) is 3.29. The molecule has 27 heavy (non-hydrogen) atoms. The molecule has 8 heteroatoms. The summed E-state index contributed by atoms with van der Waals surface area (Å²) in [5.41, 5.74) is 7.45. The van der Waals surface area contributed by atoms with Crippen molar-refractivity contribution in [2.24, 2.45) is 10.7 Å². The van der Waals surface area contributed by atoms with E-state index in [1.165, 1.54) is 23.7 Å². The molecule has 0 spiro atoms. The molecule has 3 aromatic rings. The first-order valence-electron chi connectivity index (χ1n) is 7.98. The Morgan fingerprint density at radius 1 is 1.15 bits per heavy atom. The van der Waals surface area contributed by atoms with E-state index in [0.717, 1.165) is 18.2 Å². The minimum absolute atomic E-state index is 0.0616. The minimum Gasteiger partial charge on any atom is -0.402 e. The zero-order valence-electron chi connectivity index (χ0n) is 14.8. The monoisotopic (exact) mass is 392 g/mol. The van der Waals surface area contributed by atoms with Crippen molar-refractivity contribution < 1.29 is 13.2 Å². The molecule has 0 saturated heterocycles. The largest absolute Gasteiger partial charge is 0.402 e. The molecule has 140 valence electrons. The number of imidazole rings is 1. The van der Waals surface area contributed by atoms with Gasteiger partial charge in [-0.3, -0.25) is 9.56 Å². The van der Waals surface area contributed by atoms with Crippen molar-refractivity contribution in [1.82, 2.24) is 9.55 Å². The first-order chi connectivity index (χ1) is 12.7. The highest BCUT2D eigenvalue weighted by atomic mass is 35.5. The maximum absolute atomic E-state index is 14.5. The van der Waals surface area contributed by atoms with Gasteiger partial charge >= 0.3 is 0 Å². The summed E-state index contributed by atoms with van der Waals surface area (Å²) in [6, 6.07) is 5.78. The van der Waals surface area contributed by atoms with Gasteiger partial charge in [-0.2, -0.15) is 0 Å². The number of aliphatic imine (C=N–C) groups is 1. The van der Waals surface area contributed by atoms with Gasteiger partial charge in [0.15, 0.2) is 5.82 Å². The van der Waals surface area contributed by atoms with E-state index in [2.05, 4.69) is 9.98 Å². The average Bonchev–Trinajstić information content (AvgIpc) is 2.89. The molecular formula is C19H16ClF3N4. The lowest BCUT2D eigenvalue weighted by molar-refractivity contribution is 0.590. The molecule has 3 rings (SSSR count). The Bertz CT molecular complexity index is 1110. The van der Waals surface area contributed by atoms with Gasteiger partial charge in [0.1, 0.15) is 28.8 Å². The van der Waals surface area contributed by atoms with Crippen LogP contribution in [0.2, 0.25) is 5.02 Å². The maximum atomic E-state index is 14.5. The molecule has 0 unspecified atom stereocenters. The predicted octanol–water partition coefficient (Wildman–Crippen LogP) is 4.68. The van der Waals surface area contributed by atoms with Crippen LogP contribution in [0, 0.1) is 24.4 Å². The number of benzene rings is 2. The van der Waals surface area contributed by atoms with E-state index in [1.54, 1.807) is 13.8 Å². The van der Waals surface area contributed by atoms with Crippen molar-refractivity contribution in [3.05, 3.63) is 69.9 Å². The summed E-state index contributed by atoms with van der Waals surface area (Å²) < 4.78 is 43.0. The number of aromatic nitrogens is 2. The second-order valence-corrected chi connectivity index (χ2v) is 6.39. The number of hydrogen-bond donors (Lipinski definition) is 1. The highest BCUT2D eigenvalue weighted by Crippen LogP contribution is 2.30. The fourth-order valence-electron chi connectivity index (χ4n) is 3.03. The van der Waals surface area contributed by atoms with Crippen molar-refractivity contribution in [1.29, 1.82) is 0 Å². The van der Waals surface area contributed by atoms with Gasteiger partial charge in [0.25, 0.3) is 0 Å². The van der Waals surface area contributed by atoms with Crippen LogP contribution in [0.3, 0.4) is 0 Å². The topological polar surface area (TPSA) is 56.2 Å². The molecule has 2 N–H and O–H groups in total. The molecule has 0 aliphatic heterocycles. The molecule has 0 saturated carbocycles. The second-order valence-electron chi connectivity index (χ2n) is 5.98. The Kier molecular flexibility index (Phi) is 4.97. The number of halogens is 4. The van der Waals surface area contributed by atoms with Crippen LogP contribution < -0.4 is 5.73 Å². The summed E-state index contributed by atoms with van der Waals surface area (Å²) in [6.07, 6.45) is 0. The van der Waals surface area contributed by atoms with Crippen molar-refractivity contribution in [2.75, 3.05) is 7.05 Å². The van der Waals surface area contributed by atoms with E-state index >= 15 is 0 Å². The summed E-state index contributed by atoms with van der Waals surface area (Å²) in [6.45, 7) is 3.27. The first-order valence-corrected chi connectivity index (χ1v) is 8.35. The lowest BCUT2D eigenvalue weighted by atomic mass is 10.0. The summed E-state index contributed by atoms with van der Waals surface area (Å²) in [5, 5.41) is 0.129. The van der Waals surface area contributed by atoms with Gasteiger partial charge in [-0.05, 0) is 32.0 Å². The van der Waals surface area contributed by atoms with Crippen LogP contribution in [0.15, 0.2) is 41.0 Å². The molecular weight excluding hydrogens is 377 g/mol. The number of fused-ring (bicyclic) bond motifs is 1. The van der Waals surface area contributed by atoms with Gasteiger partial charge in [-0.15, -0.1) is 0 Å². The Balaban J connectivity index is 2.33. The van der Waals surface area contributed by atoms with Crippen LogP contribution >= 0.6 is 11.6 Å². The normalized spacial score (nSPS) is 13.2. The van der Waals surface area contributed by atoms with Crippen LogP contribution in [-0.2, 0) is 0 Å². The predicted molar refractivity (Wildman–Crippen MR) is 101 cm³/mol. The Morgan fingerprint density at radius 2 is 1.85 bits per heavy atom. The molecule has 0 aliphatic carbocycles. The van der Waals surface area contributed by atoms with Crippen molar-refractivity contribution in [3.8, 4) is 0 Å². The molecule has 0 radical (unpaired) electrons. The number of hydrogen-bond acceptors (Lipinski definition) is 3. The second kappa shape index (κ2) is 7.08. The van der Waals surface area contributed by atoms with Gasteiger partial charge in [-0.1, -0.05) is 11.6 Å². The number of allylic oxidation sites excluding steroid dienone is 2. The molecule has 2 aromatic carbocycles. The van der Waals surface area contributed by atoms with Gasteiger partial charge in [0.2, 0.25) is 0 Å². The van der Waals surface area contributed by atoms with E-state index in [9.17, 15) is 13.2 Å². The minimum atomic E-state index is -0.786. The van der Waals surface area contributed by atoms with E-state index in [4.69, 9.17) is 17.3 Å². The van der Waals surface area contributed by atoms with Gasteiger partial charge < -0.3 is 5.73 Å². The number of nitrogens with two attached hydrogens (primary N) is 1. The summed E-state index contributed by atoms with van der Waals surface area (Å²) in [4.78, 5) is 8.48. The van der Waals surface area contributed by atoms with Crippen molar-refractivity contribution >= 4 is 34.0 Å². The number of aryl methyl sites for hydroxylation is 1. The van der Waals surface area contributed by atoms with Crippen molar-refractivity contribution in [2.45, 2.75) is 13.8 Å². The number of nitrogens with zero attached hydrogens (tertiary/aromatic N) is 3. The van der Waals surface area contributed by atoms with E-state index in [1.807, 2.05) is 0 Å². The van der Waals surface area contributed by atoms with E-state index < -0.39 is 17.5 Å². The third-order valence-electron chi connectivity index (χ3n) is 4.08. The highest BCUT2D eigenvalue weighted by Gasteiger charge is 2.23. The zero-order valence-corrected chi connectivity index (χ0v) is 15.6. The molecule has 0 bridgehead atoms. The highest BCUT2D eigenvalue weighted by molar-refractivity contribution is 6.36. The zero-order chi connectivity index (χ0) is 19.9. The molecule has 4 nitrogen and oxygen atoms in total. The van der Waals surface area contributed by atoms with E-state index in [-0.39, 0.29) is 21.9 Å². The maximum Gasteiger partial charge on any atom is 0.152 e. The third-order valence-corrected chi connectivity index (χ3v) is 4.39.